The molecule has 1 heterocycles. The minimum absolute atomic E-state index is 0.128. The lowest BCUT2D eigenvalue weighted by Crippen LogP contribution is -2.50. The number of hydrogen-bond acceptors (Lipinski definition) is 3. The summed E-state index contributed by atoms with van der Waals surface area (Å²) in [6.07, 6.45) is 3.72. The summed E-state index contributed by atoms with van der Waals surface area (Å²) >= 11 is 0. The molecular formula is C14H27N3O3. The Morgan fingerprint density at radius 3 is 2.30 bits per heavy atom. The molecule has 1 atom stereocenters. The van der Waals surface area contributed by atoms with Crippen molar-refractivity contribution in [1.82, 2.24) is 15.1 Å². The van der Waals surface area contributed by atoms with Crippen LogP contribution < -0.4 is 5.32 Å². The molecule has 0 aromatic carbocycles. The van der Waals surface area contributed by atoms with Crippen LogP contribution in [0.15, 0.2) is 0 Å². The number of hydrogen-bond donors (Lipinski definition) is 2. The maximum Gasteiger partial charge on any atom is 0.323 e. The Morgan fingerprint density at radius 2 is 1.80 bits per heavy atom. The molecule has 2 amide bonds. The number of urea groups is 1. The van der Waals surface area contributed by atoms with Crippen LogP contribution in [0.3, 0.4) is 0 Å². The number of rotatable bonds is 6. The largest absolute Gasteiger partial charge is 0.480 e. The number of carbonyl (C=O) groups excluding carboxylic acids is 1. The highest BCUT2D eigenvalue weighted by atomic mass is 16.4. The van der Waals surface area contributed by atoms with Gasteiger partial charge in [0.2, 0.25) is 0 Å². The molecule has 1 unspecified atom stereocenters. The van der Waals surface area contributed by atoms with Crippen molar-refractivity contribution in [1.29, 1.82) is 0 Å². The zero-order chi connectivity index (χ0) is 15.1. The van der Waals surface area contributed by atoms with E-state index in [0.29, 0.717) is 6.54 Å². The Kier molecular flexibility index (Phi) is 6.78. The van der Waals surface area contributed by atoms with Crippen molar-refractivity contribution < 1.29 is 14.7 Å². The lowest BCUT2D eigenvalue weighted by atomic mass is 10.1. The van der Waals surface area contributed by atoms with Gasteiger partial charge in [0, 0.05) is 18.6 Å². The summed E-state index contributed by atoms with van der Waals surface area (Å²) < 4.78 is 0. The highest BCUT2D eigenvalue weighted by Crippen LogP contribution is 2.11. The summed E-state index contributed by atoms with van der Waals surface area (Å²) in [7, 11) is 0. The van der Waals surface area contributed by atoms with Gasteiger partial charge in [-0.25, -0.2) is 4.79 Å². The second-order valence-electron chi connectivity index (χ2n) is 5.75. The van der Waals surface area contributed by atoms with Gasteiger partial charge in [0.25, 0.3) is 0 Å². The number of nitrogens with zero attached hydrogens (tertiary/aromatic N) is 2. The van der Waals surface area contributed by atoms with E-state index in [2.05, 4.69) is 17.1 Å². The number of likely N-dealkylation sites (tertiary alicyclic amines) is 1. The molecule has 116 valence electrons. The first-order valence-electron chi connectivity index (χ1n) is 7.42. The van der Waals surface area contributed by atoms with Gasteiger partial charge in [-0.2, -0.15) is 0 Å². The molecule has 1 saturated heterocycles. The van der Waals surface area contributed by atoms with E-state index in [1.165, 1.54) is 24.2 Å². The molecule has 0 saturated carbocycles. The van der Waals surface area contributed by atoms with E-state index in [1.807, 2.05) is 13.8 Å². The van der Waals surface area contributed by atoms with E-state index >= 15 is 0 Å². The molecule has 0 aliphatic carbocycles. The summed E-state index contributed by atoms with van der Waals surface area (Å²) in [5.74, 6) is -0.988. The van der Waals surface area contributed by atoms with E-state index in [4.69, 9.17) is 5.11 Å². The van der Waals surface area contributed by atoms with Crippen LogP contribution in [0.2, 0.25) is 0 Å². The van der Waals surface area contributed by atoms with Gasteiger partial charge in [-0.3, -0.25) is 9.69 Å². The lowest BCUT2D eigenvalue weighted by Gasteiger charge is -2.33. The van der Waals surface area contributed by atoms with Gasteiger partial charge in [0.1, 0.15) is 6.54 Å². The minimum Gasteiger partial charge on any atom is -0.480 e. The number of carboxylic acids is 1. The Hall–Kier alpha value is -1.30. The van der Waals surface area contributed by atoms with Gasteiger partial charge in [0.05, 0.1) is 0 Å². The van der Waals surface area contributed by atoms with Crippen LogP contribution in [-0.2, 0) is 4.79 Å². The molecule has 0 aromatic rings. The lowest BCUT2D eigenvalue weighted by molar-refractivity contribution is -0.138. The summed E-state index contributed by atoms with van der Waals surface area (Å²) in [6, 6.07) is -0.138. The van der Waals surface area contributed by atoms with Gasteiger partial charge in [0.15, 0.2) is 0 Å². The molecule has 0 radical (unpaired) electrons. The van der Waals surface area contributed by atoms with Crippen molar-refractivity contribution in [3.8, 4) is 0 Å². The van der Waals surface area contributed by atoms with Crippen LogP contribution in [0.25, 0.3) is 0 Å². The predicted molar refractivity (Wildman–Crippen MR) is 77.8 cm³/mol. The molecule has 1 rings (SSSR count). The van der Waals surface area contributed by atoms with E-state index < -0.39 is 5.97 Å². The third kappa shape index (κ3) is 5.36. The standard InChI is InChI=1S/C14H27N3O3/c1-11(2)17(10-13(18)19)14(20)15-9-12(3)16-7-5-4-6-8-16/h11-12H,4-10H2,1-3H3,(H,15,20)(H,18,19). The second kappa shape index (κ2) is 8.09. The number of nitrogens with one attached hydrogen (secondary N) is 1. The second-order valence-corrected chi connectivity index (χ2v) is 5.75. The first kappa shape index (κ1) is 16.8. The Balaban J connectivity index is 2.41. The molecule has 0 aromatic heterocycles. The van der Waals surface area contributed by atoms with Crippen molar-refractivity contribution in [2.75, 3.05) is 26.2 Å². The van der Waals surface area contributed by atoms with Gasteiger partial charge in [-0.1, -0.05) is 6.42 Å². The van der Waals surface area contributed by atoms with Crippen molar-refractivity contribution in [3.63, 3.8) is 0 Å². The molecule has 1 aliphatic heterocycles. The van der Waals surface area contributed by atoms with Gasteiger partial charge in [-0.05, 0) is 46.7 Å². The number of carboxylic acid groups (broad SMARTS) is 1. The van der Waals surface area contributed by atoms with Crippen LogP contribution in [0.1, 0.15) is 40.0 Å². The smallest absolute Gasteiger partial charge is 0.323 e. The first-order valence-corrected chi connectivity index (χ1v) is 7.42. The predicted octanol–water partition coefficient (Wildman–Crippen LogP) is 1.37. The fourth-order valence-corrected chi connectivity index (χ4v) is 2.46. The van der Waals surface area contributed by atoms with Crippen LogP contribution in [0.5, 0.6) is 0 Å². The third-order valence-electron chi connectivity index (χ3n) is 3.75. The van der Waals surface area contributed by atoms with Gasteiger partial charge in [-0.15, -0.1) is 0 Å². The molecule has 1 aliphatic rings. The number of carbonyl (C=O) groups is 2. The molecule has 0 bridgehead atoms. The summed E-state index contributed by atoms with van der Waals surface area (Å²) in [5, 5.41) is 11.7. The average Bonchev–Trinajstić information content (AvgIpc) is 2.42. The summed E-state index contributed by atoms with van der Waals surface area (Å²) in [4.78, 5) is 26.5. The quantitative estimate of drug-likeness (QED) is 0.773. The molecule has 6 nitrogen and oxygen atoms in total. The molecule has 20 heavy (non-hydrogen) atoms. The molecule has 2 N–H and O–H groups in total. The maximum absolute atomic E-state index is 12.0. The average molecular weight is 285 g/mol. The third-order valence-corrected chi connectivity index (χ3v) is 3.75. The highest BCUT2D eigenvalue weighted by Gasteiger charge is 2.22. The van der Waals surface area contributed by atoms with E-state index in [-0.39, 0.29) is 24.7 Å². The van der Waals surface area contributed by atoms with Crippen molar-refractivity contribution in [2.24, 2.45) is 0 Å². The Labute approximate surface area is 121 Å². The first-order chi connectivity index (χ1) is 9.41. The number of piperidine rings is 1. The Bertz CT molecular complexity index is 328. The van der Waals surface area contributed by atoms with Crippen molar-refractivity contribution in [2.45, 2.75) is 52.1 Å². The van der Waals surface area contributed by atoms with Crippen LogP contribution in [0.4, 0.5) is 4.79 Å². The maximum atomic E-state index is 12.0. The highest BCUT2D eigenvalue weighted by molar-refractivity contribution is 5.80. The van der Waals surface area contributed by atoms with E-state index in [1.54, 1.807) is 0 Å². The fourth-order valence-electron chi connectivity index (χ4n) is 2.46. The monoisotopic (exact) mass is 285 g/mol. The topological polar surface area (TPSA) is 72.9 Å². The Morgan fingerprint density at radius 1 is 1.20 bits per heavy atom. The van der Waals surface area contributed by atoms with Crippen LogP contribution in [-0.4, -0.2) is 65.2 Å². The summed E-state index contributed by atoms with van der Waals surface area (Å²) in [5.41, 5.74) is 0. The van der Waals surface area contributed by atoms with Gasteiger partial charge >= 0.3 is 12.0 Å². The molecule has 6 heteroatoms. The number of amides is 2. The normalized spacial score (nSPS) is 17.8. The van der Waals surface area contributed by atoms with Crippen molar-refractivity contribution >= 4 is 12.0 Å². The molecule has 0 spiro atoms. The summed E-state index contributed by atoms with van der Waals surface area (Å²) in [6.45, 7) is 8.19. The molecule has 1 fully saturated rings. The van der Waals surface area contributed by atoms with Gasteiger partial charge < -0.3 is 15.3 Å². The zero-order valence-corrected chi connectivity index (χ0v) is 12.8. The molecular weight excluding hydrogens is 258 g/mol. The minimum atomic E-state index is -0.988. The number of aliphatic carboxylic acids is 1. The zero-order valence-electron chi connectivity index (χ0n) is 12.8. The van der Waals surface area contributed by atoms with E-state index in [9.17, 15) is 9.59 Å². The SMILES string of the molecule is CC(CNC(=O)N(CC(=O)O)C(C)C)N1CCCCC1. The van der Waals surface area contributed by atoms with E-state index in [0.717, 1.165) is 13.1 Å². The fraction of sp³-hybridized carbons (Fsp3) is 0.857. The van der Waals surface area contributed by atoms with Crippen LogP contribution in [0, 0.1) is 0 Å². The van der Waals surface area contributed by atoms with Crippen molar-refractivity contribution in [3.05, 3.63) is 0 Å². The van der Waals surface area contributed by atoms with Crippen LogP contribution >= 0.6 is 0 Å².